The zero-order valence-corrected chi connectivity index (χ0v) is 24.9. The van der Waals surface area contributed by atoms with Gasteiger partial charge in [0.15, 0.2) is 0 Å². The normalized spacial score (nSPS) is 23.1. The lowest BCUT2D eigenvalue weighted by atomic mass is 9.98. The Hall–Kier alpha value is -3.33. The van der Waals surface area contributed by atoms with Gasteiger partial charge in [-0.1, -0.05) is 73.5 Å². The summed E-state index contributed by atoms with van der Waals surface area (Å²) in [5, 5.41) is 8.66. The van der Waals surface area contributed by atoms with E-state index >= 15 is 0 Å². The van der Waals surface area contributed by atoms with Gasteiger partial charge < -0.3 is 20.9 Å². The molecule has 0 saturated carbocycles. The predicted octanol–water partition coefficient (Wildman–Crippen LogP) is 3.59. The maximum atomic E-state index is 13.7. The summed E-state index contributed by atoms with van der Waals surface area (Å²) in [4.78, 5) is 55.5. The molecule has 0 aromatic heterocycles. The molecule has 9 heteroatoms. The number of thioether (sulfide) groups is 1. The molecule has 0 unspecified atom stereocenters. The first-order chi connectivity index (χ1) is 19.7. The van der Waals surface area contributed by atoms with E-state index in [4.69, 9.17) is 0 Å². The van der Waals surface area contributed by atoms with Crippen molar-refractivity contribution in [2.75, 3.05) is 12.3 Å². The van der Waals surface area contributed by atoms with Gasteiger partial charge in [-0.25, -0.2) is 0 Å². The largest absolute Gasteiger partial charge is 0.343 e. The van der Waals surface area contributed by atoms with Gasteiger partial charge in [0.2, 0.25) is 23.6 Å². The fraction of sp³-hybridized carbons (Fsp3) is 0.500. The summed E-state index contributed by atoms with van der Waals surface area (Å²) in [6, 6.07) is 17.6. The van der Waals surface area contributed by atoms with Crippen LogP contribution < -0.4 is 16.0 Å². The van der Waals surface area contributed by atoms with Crippen LogP contribution in [0.3, 0.4) is 0 Å². The molecule has 2 aliphatic heterocycles. The van der Waals surface area contributed by atoms with Crippen LogP contribution in [-0.2, 0) is 31.4 Å². The zero-order chi connectivity index (χ0) is 29.2. The molecule has 2 fully saturated rings. The Labute approximate surface area is 247 Å². The standard InChI is InChI=1S/C32H42N4O4S/c1-32(2)31(40)34-26(21-23-13-6-3-7-14-23)30(39)36-19-12-18-27(36)29(38)33-25(28(37)35-32)17-10-5-11-20-41-22-24-15-8-4-9-16-24/h3-4,6-9,13-16,25-27H,5,10-12,17-22H2,1-2H3,(H,33,38)(H,34,40)(H,35,37)/t25-,26-,27+/m0/s1. The highest BCUT2D eigenvalue weighted by Gasteiger charge is 2.42. The molecule has 4 rings (SSSR count). The smallest absolute Gasteiger partial charge is 0.246 e. The third-order valence-electron chi connectivity index (χ3n) is 7.75. The topological polar surface area (TPSA) is 108 Å². The van der Waals surface area contributed by atoms with Gasteiger partial charge in [-0.3, -0.25) is 19.2 Å². The summed E-state index contributed by atoms with van der Waals surface area (Å²) < 4.78 is 0. The number of carbonyl (C=O) groups excluding carboxylic acids is 4. The highest BCUT2D eigenvalue weighted by atomic mass is 32.2. The van der Waals surface area contributed by atoms with Gasteiger partial charge in [0.05, 0.1) is 0 Å². The van der Waals surface area contributed by atoms with Crippen molar-refractivity contribution in [2.24, 2.45) is 0 Å². The van der Waals surface area contributed by atoms with Crippen LogP contribution in [0, 0.1) is 0 Å². The molecule has 2 aromatic rings. The first kappa shape index (κ1) is 30.6. The van der Waals surface area contributed by atoms with E-state index in [1.54, 1.807) is 18.7 Å². The van der Waals surface area contributed by atoms with Crippen LogP contribution in [0.25, 0.3) is 0 Å². The fourth-order valence-corrected chi connectivity index (χ4v) is 6.35. The molecular weight excluding hydrogens is 536 g/mol. The molecule has 220 valence electrons. The molecule has 2 saturated heterocycles. The summed E-state index contributed by atoms with van der Waals surface area (Å²) in [5.41, 5.74) is 0.939. The van der Waals surface area contributed by atoms with Crippen LogP contribution in [0.2, 0.25) is 0 Å². The highest BCUT2D eigenvalue weighted by molar-refractivity contribution is 7.98. The van der Waals surface area contributed by atoms with Crippen LogP contribution in [0.4, 0.5) is 0 Å². The second-order valence-corrected chi connectivity index (χ2v) is 12.6. The monoisotopic (exact) mass is 578 g/mol. The number of unbranched alkanes of at least 4 members (excludes halogenated alkanes) is 2. The Morgan fingerprint density at radius 2 is 1.51 bits per heavy atom. The number of amides is 4. The molecular formula is C32H42N4O4S. The van der Waals surface area contributed by atoms with E-state index in [9.17, 15) is 19.2 Å². The molecule has 2 aromatic carbocycles. The van der Waals surface area contributed by atoms with Crippen LogP contribution in [0.15, 0.2) is 60.7 Å². The van der Waals surface area contributed by atoms with Gasteiger partial charge in [-0.2, -0.15) is 11.8 Å². The molecule has 4 amide bonds. The van der Waals surface area contributed by atoms with Gasteiger partial charge in [-0.05, 0) is 56.4 Å². The maximum Gasteiger partial charge on any atom is 0.246 e. The van der Waals surface area contributed by atoms with E-state index in [1.165, 1.54) is 5.56 Å². The fourth-order valence-electron chi connectivity index (χ4n) is 5.37. The Balaban J connectivity index is 1.40. The molecule has 0 spiro atoms. The second-order valence-electron chi connectivity index (χ2n) is 11.5. The van der Waals surface area contributed by atoms with Crippen LogP contribution in [0.5, 0.6) is 0 Å². The molecule has 8 nitrogen and oxygen atoms in total. The lowest BCUT2D eigenvalue weighted by Crippen LogP contribution is -2.64. The highest BCUT2D eigenvalue weighted by Crippen LogP contribution is 2.22. The second kappa shape index (κ2) is 14.5. The number of benzene rings is 2. The summed E-state index contributed by atoms with van der Waals surface area (Å²) in [7, 11) is 0. The van der Waals surface area contributed by atoms with E-state index in [0.29, 0.717) is 32.2 Å². The van der Waals surface area contributed by atoms with E-state index < -0.39 is 29.6 Å². The van der Waals surface area contributed by atoms with Crippen molar-refractivity contribution in [3.63, 3.8) is 0 Å². The predicted molar refractivity (Wildman–Crippen MR) is 162 cm³/mol. The zero-order valence-electron chi connectivity index (χ0n) is 24.1. The van der Waals surface area contributed by atoms with Crippen LogP contribution >= 0.6 is 11.8 Å². The SMILES string of the molecule is CC1(C)NC(=O)[C@H](CCCCCSCc2ccccc2)NC(=O)[C@H]2CCCN2C(=O)[C@H](Cc2ccccc2)NC1=O. The van der Waals surface area contributed by atoms with Crippen LogP contribution in [-0.4, -0.2) is 64.5 Å². The number of nitrogens with zero attached hydrogens (tertiary/aromatic N) is 1. The van der Waals surface area contributed by atoms with E-state index in [-0.39, 0.29) is 17.7 Å². The van der Waals surface area contributed by atoms with Crippen molar-refractivity contribution in [3.05, 3.63) is 71.8 Å². The van der Waals surface area contributed by atoms with Crippen molar-refractivity contribution < 1.29 is 19.2 Å². The number of hydrogen-bond acceptors (Lipinski definition) is 5. The number of hydrogen-bond donors (Lipinski definition) is 3. The van der Waals surface area contributed by atoms with E-state index in [1.807, 2.05) is 60.3 Å². The lowest BCUT2D eigenvalue weighted by molar-refractivity contribution is -0.144. The molecule has 41 heavy (non-hydrogen) atoms. The summed E-state index contributed by atoms with van der Waals surface area (Å²) in [6.07, 6.45) is 4.70. The van der Waals surface area contributed by atoms with E-state index in [0.717, 1.165) is 36.3 Å². The van der Waals surface area contributed by atoms with Crippen LogP contribution in [0.1, 0.15) is 63.5 Å². The number of rotatable bonds is 10. The van der Waals surface area contributed by atoms with Crippen molar-refractivity contribution in [1.29, 1.82) is 0 Å². The molecule has 2 heterocycles. The molecule has 0 bridgehead atoms. The summed E-state index contributed by atoms with van der Waals surface area (Å²) in [5.74, 6) is 0.603. The van der Waals surface area contributed by atoms with Crippen molar-refractivity contribution >= 4 is 35.4 Å². The Morgan fingerprint density at radius 1 is 0.829 bits per heavy atom. The van der Waals surface area contributed by atoms with Crippen molar-refractivity contribution in [2.45, 2.75) is 88.2 Å². The average Bonchev–Trinajstić information content (AvgIpc) is 3.46. The van der Waals surface area contributed by atoms with E-state index in [2.05, 4.69) is 28.1 Å². The molecule has 2 aliphatic rings. The molecule has 3 atom stereocenters. The molecule has 0 aliphatic carbocycles. The summed E-state index contributed by atoms with van der Waals surface area (Å²) in [6.45, 7) is 3.69. The quantitative estimate of drug-likeness (QED) is 0.374. The average molecular weight is 579 g/mol. The van der Waals surface area contributed by atoms with Crippen molar-refractivity contribution in [3.8, 4) is 0 Å². The van der Waals surface area contributed by atoms with Gasteiger partial charge in [0.25, 0.3) is 0 Å². The minimum atomic E-state index is -1.27. The first-order valence-corrected chi connectivity index (χ1v) is 15.8. The van der Waals surface area contributed by atoms with Crippen molar-refractivity contribution in [1.82, 2.24) is 20.9 Å². The van der Waals surface area contributed by atoms with Gasteiger partial charge in [0.1, 0.15) is 23.7 Å². The molecule has 3 N–H and O–H groups in total. The lowest BCUT2D eigenvalue weighted by Gasteiger charge is -2.34. The van der Waals surface area contributed by atoms with Gasteiger partial charge in [0, 0.05) is 18.7 Å². The van der Waals surface area contributed by atoms with Gasteiger partial charge >= 0.3 is 0 Å². The van der Waals surface area contributed by atoms with Gasteiger partial charge in [-0.15, -0.1) is 0 Å². The number of carbonyl (C=O) groups is 4. The Kier molecular flexibility index (Phi) is 10.9. The first-order valence-electron chi connectivity index (χ1n) is 14.6. The minimum absolute atomic E-state index is 0.271. The minimum Gasteiger partial charge on any atom is -0.343 e. The Bertz CT molecular complexity index is 1190. The third kappa shape index (κ3) is 8.58. The third-order valence-corrected chi connectivity index (χ3v) is 8.87. The number of nitrogens with one attached hydrogen (secondary N) is 3. The number of fused-ring (bicyclic) bond motifs is 1. The molecule has 0 radical (unpaired) electrons. The maximum absolute atomic E-state index is 13.7. The summed E-state index contributed by atoms with van der Waals surface area (Å²) >= 11 is 1.89. The Morgan fingerprint density at radius 3 is 2.22 bits per heavy atom.